The molecule has 5 rings (SSSR count). The van der Waals surface area contributed by atoms with E-state index in [2.05, 4.69) is 29.9 Å². The second-order valence-corrected chi connectivity index (χ2v) is 10.4. The summed E-state index contributed by atoms with van der Waals surface area (Å²) in [5, 5.41) is 0.807. The van der Waals surface area contributed by atoms with Crippen LogP contribution in [0.15, 0.2) is 88.4 Å². The summed E-state index contributed by atoms with van der Waals surface area (Å²) in [5.41, 5.74) is 2.10. The maximum absolute atomic E-state index is 12.1. The largest absolute Gasteiger partial charge is 0.454 e. The molecule has 4 heterocycles. The summed E-state index contributed by atoms with van der Waals surface area (Å²) in [5.74, 6) is 1.52. The van der Waals surface area contributed by atoms with Crippen LogP contribution in [0.2, 0.25) is 0 Å². The number of rotatable bonds is 7. The summed E-state index contributed by atoms with van der Waals surface area (Å²) in [6.45, 7) is 1.58. The third-order valence-corrected chi connectivity index (χ3v) is 7.47. The number of hydrogen-bond acceptors (Lipinski definition) is 9. The fraction of sp³-hybridized carbons (Fsp3) is 0.0870. The molecule has 5 aromatic rings. The average molecular weight is 491 g/mol. The van der Waals surface area contributed by atoms with E-state index < -0.39 is 9.84 Å². The molecule has 1 aromatic carbocycles. The first-order valence-electron chi connectivity index (χ1n) is 10.3. The molecule has 0 spiro atoms. The van der Waals surface area contributed by atoms with E-state index in [9.17, 15) is 8.42 Å². The Morgan fingerprint density at radius 1 is 1.00 bits per heavy atom. The van der Waals surface area contributed by atoms with E-state index in [1.807, 2.05) is 30.3 Å². The zero-order valence-corrected chi connectivity index (χ0v) is 19.5. The number of imidazole rings is 1. The Morgan fingerprint density at radius 2 is 1.91 bits per heavy atom. The van der Waals surface area contributed by atoms with E-state index >= 15 is 0 Å². The monoisotopic (exact) mass is 490 g/mol. The Hall–Kier alpha value is -3.83. The highest BCUT2D eigenvalue weighted by Crippen LogP contribution is 2.39. The number of hydrogen-bond donors (Lipinski definition) is 1. The first-order chi connectivity index (χ1) is 16.5. The fourth-order valence-electron chi connectivity index (χ4n) is 3.13. The first-order valence-corrected chi connectivity index (χ1v) is 12.7. The van der Waals surface area contributed by atoms with Gasteiger partial charge in [0.15, 0.2) is 20.7 Å². The van der Waals surface area contributed by atoms with Crippen molar-refractivity contribution in [3.63, 3.8) is 0 Å². The molecular weight excluding hydrogens is 472 g/mol. The first kappa shape index (κ1) is 22.0. The van der Waals surface area contributed by atoms with Crippen LogP contribution in [0, 0.1) is 0 Å². The van der Waals surface area contributed by atoms with Crippen molar-refractivity contribution in [2.75, 3.05) is 5.75 Å². The third kappa shape index (κ3) is 4.61. The predicted octanol–water partition coefficient (Wildman–Crippen LogP) is 4.55. The molecule has 0 bridgehead atoms. The topological polar surface area (TPSA) is 124 Å². The van der Waals surface area contributed by atoms with Crippen LogP contribution in [-0.4, -0.2) is 44.1 Å². The summed E-state index contributed by atoms with van der Waals surface area (Å²) >= 11 is 1.43. The summed E-state index contributed by atoms with van der Waals surface area (Å²) in [7, 11) is -3.39. The minimum absolute atomic E-state index is 0.0167. The van der Waals surface area contributed by atoms with E-state index in [0.717, 1.165) is 21.0 Å². The summed E-state index contributed by atoms with van der Waals surface area (Å²) in [4.78, 5) is 25.5. The van der Waals surface area contributed by atoms with Crippen molar-refractivity contribution < 1.29 is 13.2 Å². The average Bonchev–Trinajstić information content (AvgIpc) is 3.28. The van der Waals surface area contributed by atoms with E-state index in [4.69, 9.17) is 4.74 Å². The molecule has 0 atom stereocenters. The zero-order valence-electron chi connectivity index (χ0n) is 17.9. The van der Waals surface area contributed by atoms with Crippen molar-refractivity contribution in [2.24, 2.45) is 0 Å². The minimum Gasteiger partial charge on any atom is -0.454 e. The van der Waals surface area contributed by atoms with Gasteiger partial charge in [-0.25, -0.2) is 28.4 Å². The molecule has 0 unspecified atom stereocenters. The summed E-state index contributed by atoms with van der Waals surface area (Å²) < 4.78 is 30.2. The van der Waals surface area contributed by atoms with Crippen LogP contribution in [0.1, 0.15) is 6.92 Å². The van der Waals surface area contributed by atoms with Crippen LogP contribution in [0.25, 0.3) is 22.6 Å². The summed E-state index contributed by atoms with van der Waals surface area (Å²) in [6.07, 6.45) is 7.97. The van der Waals surface area contributed by atoms with Gasteiger partial charge in [-0.05, 0) is 30.3 Å². The molecule has 170 valence electrons. The molecule has 0 saturated heterocycles. The van der Waals surface area contributed by atoms with Gasteiger partial charge in [0.1, 0.15) is 22.2 Å². The third-order valence-electron chi connectivity index (χ3n) is 4.84. The molecule has 9 nitrogen and oxygen atoms in total. The molecule has 1 N–H and O–H groups in total. The number of nitrogens with zero attached hydrogens (tertiary/aromatic N) is 5. The van der Waals surface area contributed by atoms with Crippen LogP contribution in [0.5, 0.6) is 11.5 Å². The van der Waals surface area contributed by atoms with E-state index in [1.165, 1.54) is 24.0 Å². The number of H-pyrrole nitrogens is 1. The standard InChI is InChI=1S/C23H18N6O3S2/c1-2-34(30,31)22-7-6-15(13-27-22)32-19-11-16-17(12-20(19)33-21-5-3-4-8-26-21)29-23(28-16)18-14-24-9-10-25-18/h3-14H,2H2,1H3,(H,28,29). The van der Waals surface area contributed by atoms with Crippen LogP contribution >= 0.6 is 11.8 Å². The van der Waals surface area contributed by atoms with Crippen molar-refractivity contribution in [3.05, 3.63) is 73.4 Å². The molecule has 0 amide bonds. The molecule has 34 heavy (non-hydrogen) atoms. The fourth-order valence-corrected chi connectivity index (χ4v) is 4.77. The Bertz CT molecular complexity index is 1540. The van der Waals surface area contributed by atoms with Gasteiger partial charge in [0.2, 0.25) is 0 Å². The van der Waals surface area contributed by atoms with Crippen molar-refractivity contribution in [1.29, 1.82) is 0 Å². The van der Waals surface area contributed by atoms with Gasteiger partial charge in [-0.3, -0.25) is 4.98 Å². The van der Waals surface area contributed by atoms with Crippen LogP contribution in [-0.2, 0) is 9.84 Å². The van der Waals surface area contributed by atoms with Crippen molar-refractivity contribution in [1.82, 2.24) is 29.9 Å². The second kappa shape index (κ2) is 9.20. The minimum atomic E-state index is -3.39. The highest BCUT2D eigenvalue weighted by atomic mass is 32.2. The SMILES string of the molecule is CCS(=O)(=O)c1ccc(Oc2cc3[nH]c(-c4cnccn4)nc3cc2Sc2ccccn2)cn1. The lowest BCUT2D eigenvalue weighted by molar-refractivity contribution is 0.468. The van der Waals surface area contributed by atoms with Gasteiger partial charge in [0.05, 0.1) is 34.1 Å². The lowest BCUT2D eigenvalue weighted by Crippen LogP contribution is -2.05. The van der Waals surface area contributed by atoms with Gasteiger partial charge in [-0.2, -0.15) is 0 Å². The van der Waals surface area contributed by atoms with Gasteiger partial charge >= 0.3 is 0 Å². The lowest BCUT2D eigenvalue weighted by atomic mass is 10.3. The predicted molar refractivity (Wildman–Crippen MR) is 128 cm³/mol. The number of aromatic amines is 1. The maximum Gasteiger partial charge on any atom is 0.195 e. The smallest absolute Gasteiger partial charge is 0.195 e. The Morgan fingerprint density at radius 3 is 2.62 bits per heavy atom. The van der Waals surface area contributed by atoms with Crippen LogP contribution in [0.3, 0.4) is 0 Å². The number of ether oxygens (including phenoxy) is 1. The number of nitrogens with one attached hydrogen (secondary N) is 1. The van der Waals surface area contributed by atoms with E-state index in [1.54, 1.807) is 37.8 Å². The number of pyridine rings is 2. The van der Waals surface area contributed by atoms with Gasteiger partial charge in [0, 0.05) is 24.7 Å². The molecule has 0 aliphatic heterocycles. The van der Waals surface area contributed by atoms with Crippen molar-refractivity contribution in [3.8, 4) is 23.0 Å². The highest BCUT2D eigenvalue weighted by Gasteiger charge is 2.16. The number of fused-ring (bicyclic) bond motifs is 1. The second-order valence-electron chi connectivity index (χ2n) is 7.10. The Kier molecular flexibility index (Phi) is 5.95. The lowest BCUT2D eigenvalue weighted by Gasteiger charge is -2.11. The highest BCUT2D eigenvalue weighted by molar-refractivity contribution is 7.99. The van der Waals surface area contributed by atoms with Gasteiger partial charge < -0.3 is 9.72 Å². The molecular formula is C23H18N6O3S2. The molecule has 11 heteroatoms. The van der Waals surface area contributed by atoms with Gasteiger partial charge in [-0.15, -0.1) is 0 Å². The van der Waals surface area contributed by atoms with Gasteiger partial charge in [-0.1, -0.05) is 24.8 Å². The number of sulfone groups is 1. The van der Waals surface area contributed by atoms with Crippen molar-refractivity contribution >= 4 is 32.6 Å². The Labute approximate surface area is 199 Å². The van der Waals surface area contributed by atoms with E-state index in [0.29, 0.717) is 23.0 Å². The van der Waals surface area contributed by atoms with Gasteiger partial charge in [0.25, 0.3) is 0 Å². The van der Waals surface area contributed by atoms with Crippen molar-refractivity contribution in [2.45, 2.75) is 21.9 Å². The van der Waals surface area contributed by atoms with Crippen LogP contribution < -0.4 is 4.74 Å². The molecule has 0 aliphatic carbocycles. The van der Waals surface area contributed by atoms with E-state index in [-0.39, 0.29) is 10.8 Å². The molecule has 0 saturated carbocycles. The molecule has 0 aliphatic rings. The molecule has 0 fully saturated rings. The van der Waals surface area contributed by atoms with Crippen LogP contribution in [0.4, 0.5) is 0 Å². The number of benzene rings is 1. The zero-order chi connectivity index (χ0) is 23.5. The summed E-state index contributed by atoms with van der Waals surface area (Å²) in [6, 6.07) is 12.4. The quantitative estimate of drug-likeness (QED) is 0.350. The number of aromatic nitrogens is 6. The maximum atomic E-state index is 12.1. The normalized spacial score (nSPS) is 11.6. The Balaban J connectivity index is 1.54. The molecule has 0 radical (unpaired) electrons. The molecule has 4 aromatic heterocycles.